The van der Waals surface area contributed by atoms with E-state index in [0.29, 0.717) is 5.69 Å². The van der Waals surface area contributed by atoms with Crippen LogP contribution >= 0.6 is 15.9 Å². The Morgan fingerprint density at radius 2 is 2.21 bits per heavy atom. The van der Waals surface area contributed by atoms with E-state index < -0.39 is 0 Å². The van der Waals surface area contributed by atoms with Crippen LogP contribution in [0, 0.1) is 0 Å². The van der Waals surface area contributed by atoms with Crippen LogP contribution in [0.15, 0.2) is 22.7 Å². The fourth-order valence-corrected chi connectivity index (χ4v) is 1.79. The Morgan fingerprint density at radius 3 is 2.79 bits per heavy atom. The zero-order chi connectivity index (χ0) is 10.7. The molecule has 76 valence electrons. The predicted molar refractivity (Wildman–Crippen MR) is 59.0 cm³/mol. The first-order chi connectivity index (χ1) is 6.56. The molecule has 0 aliphatic carbocycles. The smallest absolute Gasteiger partial charge is 0.312 e. The fourth-order valence-electron chi connectivity index (χ4n) is 1.20. The van der Waals surface area contributed by atoms with E-state index in [-0.39, 0.29) is 11.9 Å². The Kier molecular flexibility index (Phi) is 3.52. The molecule has 0 radical (unpaired) electrons. The van der Waals surface area contributed by atoms with Gasteiger partial charge in [-0.1, -0.05) is 15.9 Å². The molecule has 0 amide bonds. The maximum atomic E-state index is 11.3. The van der Waals surface area contributed by atoms with Crippen LogP contribution in [0.1, 0.15) is 18.4 Å². The van der Waals surface area contributed by atoms with Crippen molar-refractivity contribution in [2.24, 2.45) is 0 Å². The largest absolute Gasteiger partial charge is 0.469 e. The van der Waals surface area contributed by atoms with Crippen LogP contribution < -0.4 is 5.73 Å². The van der Waals surface area contributed by atoms with Gasteiger partial charge in [-0.15, -0.1) is 0 Å². The number of rotatable bonds is 2. The summed E-state index contributed by atoms with van der Waals surface area (Å²) in [6, 6.07) is 5.37. The minimum atomic E-state index is -0.308. The highest BCUT2D eigenvalue weighted by molar-refractivity contribution is 9.10. The molecule has 0 heterocycles. The topological polar surface area (TPSA) is 52.3 Å². The van der Waals surface area contributed by atoms with Gasteiger partial charge < -0.3 is 10.5 Å². The molecule has 4 heteroatoms. The fraction of sp³-hybridized carbons (Fsp3) is 0.300. The van der Waals surface area contributed by atoms with Crippen LogP contribution in [0.4, 0.5) is 5.69 Å². The van der Waals surface area contributed by atoms with Gasteiger partial charge in [0.05, 0.1) is 13.0 Å². The first kappa shape index (κ1) is 11.0. The Hall–Kier alpha value is -1.03. The highest BCUT2D eigenvalue weighted by Crippen LogP contribution is 2.27. The monoisotopic (exact) mass is 257 g/mol. The van der Waals surface area contributed by atoms with Gasteiger partial charge in [0.15, 0.2) is 0 Å². The molecule has 1 aromatic rings. The molecular formula is C10H12BrNO2. The van der Waals surface area contributed by atoms with Crippen molar-refractivity contribution < 1.29 is 9.53 Å². The summed E-state index contributed by atoms with van der Waals surface area (Å²) in [4.78, 5) is 11.3. The number of carbonyl (C=O) groups excluding carboxylic acids is 1. The molecule has 0 spiro atoms. The number of methoxy groups -OCH3 is 1. The molecule has 14 heavy (non-hydrogen) atoms. The highest BCUT2D eigenvalue weighted by atomic mass is 79.9. The van der Waals surface area contributed by atoms with E-state index >= 15 is 0 Å². The average molecular weight is 258 g/mol. The lowest BCUT2D eigenvalue weighted by atomic mass is 10.0. The molecule has 0 saturated heterocycles. The van der Waals surface area contributed by atoms with Gasteiger partial charge in [0, 0.05) is 10.2 Å². The molecule has 0 aliphatic rings. The normalized spacial score (nSPS) is 12.2. The van der Waals surface area contributed by atoms with Crippen molar-refractivity contribution in [3.8, 4) is 0 Å². The number of hydrogen-bond donors (Lipinski definition) is 1. The number of benzene rings is 1. The Bertz CT molecular complexity index is 352. The third-order valence-electron chi connectivity index (χ3n) is 2.04. The summed E-state index contributed by atoms with van der Waals surface area (Å²) in [5.74, 6) is -0.575. The van der Waals surface area contributed by atoms with Gasteiger partial charge in [-0.05, 0) is 30.7 Å². The number of halogens is 1. The van der Waals surface area contributed by atoms with Crippen LogP contribution in [0.25, 0.3) is 0 Å². The number of nitrogens with two attached hydrogens (primary N) is 1. The SMILES string of the molecule is COC(=O)C(C)c1cc(N)ccc1Br. The van der Waals surface area contributed by atoms with Crippen molar-refractivity contribution in [3.63, 3.8) is 0 Å². The van der Waals surface area contributed by atoms with E-state index in [2.05, 4.69) is 20.7 Å². The molecular weight excluding hydrogens is 246 g/mol. The van der Waals surface area contributed by atoms with E-state index in [4.69, 9.17) is 5.73 Å². The summed E-state index contributed by atoms with van der Waals surface area (Å²) in [6.07, 6.45) is 0. The minimum Gasteiger partial charge on any atom is -0.469 e. The molecule has 1 rings (SSSR count). The van der Waals surface area contributed by atoms with Crippen molar-refractivity contribution >= 4 is 27.6 Å². The maximum absolute atomic E-state index is 11.3. The molecule has 0 saturated carbocycles. The molecule has 0 fully saturated rings. The molecule has 1 atom stereocenters. The van der Waals surface area contributed by atoms with Crippen LogP contribution in [-0.2, 0) is 9.53 Å². The van der Waals surface area contributed by atoms with E-state index in [9.17, 15) is 4.79 Å². The maximum Gasteiger partial charge on any atom is 0.312 e. The summed E-state index contributed by atoms with van der Waals surface area (Å²) in [6.45, 7) is 1.78. The third-order valence-corrected chi connectivity index (χ3v) is 2.76. The first-order valence-corrected chi connectivity index (χ1v) is 4.98. The molecule has 2 N–H and O–H groups in total. The van der Waals surface area contributed by atoms with Crippen LogP contribution in [0.5, 0.6) is 0 Å². The van der Waals surface area contributed by atoms with Crippen LogP contribution in [0.2, 0.25) is 0 Å². The Morgan fingerprint density at radius 1 is 1.57 bits per heavy atom. The van der Waals surface area contributed by atoms with Gasteiger partial charge >= 0.3 is 5.97 Å². The van der Waals surface area contributed by atoms with Gasteiger partial charge in [-0.25, -0.2) is 0 Å². The number of esters is 1. The molecule has 3 nitrogen and oxygen atoms in total. The number of nitrogen functional groups attached to an aromatic ring is 1. The van der Waals surface area contributed by atoms with Crippen molar-refractivity contribution in [1.82, 2.24) is 0 Å². The van der Waals surface area contributed by atoms with Gasteiger partial charge in [0.1, 0.15) is 0 Å². The van der Waals surface area contributed by atoms with Gasteiger partial charge in [0.2, 0.25) is 0 Å². The lowest BCUT2D eigenvalue weighted by Crippen LogP contribution is -2.11. The van der Waals surface area contributed by atoms with Gasteiger partial charge in [0.25, 0.3) is 0 Å². The summed E-state index contributed by atoms with van der Waals surface area (Å²) >= 11 is 3.37. The number of ether oxygens (including phenoxy) is 1. The molecule has 1 unspecified atom stereocenters. The lowest BCUT2D eigenvalue weighted by Gasteiger charge is -2.11. The summed E-state index contributed by atoms with van der Waals surface area (Å²) in [5.41, 5.74) is 7.12. The first-order valence-electron chi connectivity index (χ1n) is 4.19. The molecule has 0 aromatic heterocycles. The van der Waals surface area contributed by atoms with Crippen molar-refractivity contribution in [2.75, 3.05) is 12.8 Å². The zero-order valence-electron chi connectivity index (χ0n) is 8.08. The second-order valence-electron chi connectivity index (χ2n) is 3.03. The lowest BCUT2D eigenvalue weighted by molar-refractivity contribution is -0.142. The number of anilines is 1. The number of carbonyl (C=O) groups is 1. The van der Waals surface area contributed by atoms with E-state index in [1.54, 1.807) is 19.1 Å². The predicted octanol–water partition coefficient (Wildman–Crippen LogP) is 2.31. The summed E-state index contributed by atoms with van der Waals surface area (Å²) in [5, 5.41) is 0. The van der Waals surface area contributed by atoms with E-state index in [0.717, 1.165) is 10.0 Å². The number of hydrogen-bond acceptors (Lipinski definition) is 3. The quantitative estimate of drug-likeness (QED) is 0.654. The third kappa shape index (κ3) is 2.26. The average Bonchev–Trinajstić information content (AvgIpc) is 2.19. The van der Waals surface area contributed by atoms with Crippen LogP contribution in [0.3, 0.4) is 0 Å². The second kappa shape index (κ2) is 4.46. The van der Waals surface area contributed by atoms with Gasteiger partial charge in [-0.3, -0.25) is 4.79 Å². The van der Waals surface area contributed by atoms with Crippen molar-refractivity contribution in [3.05, 3.63) is 28.2 Å². The van der Waals surface area contributed by atoms with E-state index in [1.807, 2.05) is 6.07 Å². The standard InChI is InChI=1S/C10H12BrNO2/c1-6(10(13)14-2)8-5-7(12)3-4-9(8)11/h3-6H,12H2,1-2H3. The zero-order valence-corrected chi connectivity index (χ0v) is 9.67. The van der Waals surface area contributed by atoms with Gasteiger partial charge in [-0.2, -0.15) is 0 Å². The summed E-state index contributed by atoms with van der Waals surface area (Å²) < 4.78 is 5.53. The Labute approximate surface area is 91.4 Å². The second-order valence-corrected chi connectivity index (χ2v) is 3.88. The minimum absolute atomic E-state index is 0.267. The highest BCUT2D eigenvalue weighted by Gasteiger charge is 2.18. The Balaban J connectivity index is 3.05. The summed E-state index contributed by atoms with van der Waals surface area (Å²) in [7, 11) is 1.37. The van der Waals surface area contributed by atoms with Crippen molar-refractivity contribution in [1.29, 1.82) is 0 Å². The molecule has 0 aliphatic heterocycles. The van der Waals surface area contributed by atoms with Crippen molar-refractivity contribution in [2.45, 2.75) is 12.8 Å². The molecule has 0 bridgehead atoms. The molecule has 1 aromatic carbocycles. The van der Waals surface area contributed by atoms with Crippen LogP contribution in [-0.4, -0.2) is 13.1 Å². The van der Waals surface area contributed by atoms with E-state index in [1.165, 1.54) is 7.11 Å².